The summed E-state index contributed by atoms with van der Waals surface area (Å²) >= 11 is 20.3. The minimum absolute atomic E-state index is 0.251. The van der Waals surface area contributed by atoms with Crippen LogP contribution in [0.2, 0.25) is 15.1 Å². The summed E-state index contributed by atoms with van der Waals surface area (Å²) in [5, 5.41) is 12.8. The van der Waals surface area contributed by atoms with Crippen molar-refractivity contribution in [2.75, 3.05) is 0 Å². The molecule has 0 aromatic heterocycles. The van der Waals surface area contributed by atoms with Gasteiger partial charge in [-0.15, -0.1) is 5.10 Å². The molecule has 32 heavy (non-hydrogen) atoms. The highest BCUT2D eigenvalue weighted by Crippen LogP contribution is 2.35. The minimum atomic E-state index is -0.605. The fourth-order valence-corrected chi connectivity index (χ4v) is 5.21. The van der Waals surface area contributed by atoms with Crippen LogP contribution in [0.25, 0.3) is 5.70 Å². The van der Waals surface area contributed by atoms with E-state index >= 15 is 0 Å². The van der Waals surface area contributed by atoms with Crippen molar-refractivity contribution in [2.24, 2.45) is 10.1 Å². The molecule has 2 aliphatic heterocycles. The highest BCUT2D eigenvalue weighted by atomic mass is 35.5. The monoisotopic (exact) mass is 500 g/mol. The summed E-state index contributed by atoms with van der Waals surface area (Å²) in [5.41, 5.74) is 2.09. The second-order valence-corrected chi connectivity index (χ2v) is 9.33. The Kier molecular flexibility index (Phi) is 5.86. The van der Waals surface area contributed by atoms with Crippen LogP contribution < -0.4 is 15.9 Å². The third kappa shape index (κ3) is 3.99. The fourth-order valence-electron chi connectivity index (χ4n) is 3.57. The number of carbonyl (C=O) groups excluding carboxylic acids is 1. The molecule has 5 rings (SSSR count). The van der Waals surface area contributed by atoms with Crippen molar-refractivity contribution in [3.63, 3.8) is 0 Å². The van der Waals surface area contributed by atoms with Crippen LogP contribution in [0.4, 0.5) is 0 Å². The molecule has 3 aromatic rings. The standard InChI is InChI=1S/C23H15Cl3N4OS/c24-14-9-10-15(18(26)11-14)21-27-19-8-4-2-6-16(19)20-22(31)28-23(29-30(20)21)32-12-13-5-1-3-7-17(13)25/h1-11,21H,12H2,(H,28,29,31)/t21-/m1/s1. The van der Waals surface area contributed by atoms with Gasteiger partial charge in [0.15, 0.2) is 11.3 Å². The van der Waals surface area contributed by atoms with Crippen LogP contribution in [0.5, 0.6) is 0 Å². The Balaban J connectivity index is 1.59. The molecule has 1 N–H and O–H groups in total. The number of nitrogens with zero attached hydrogens (tertiary/aromatic N) is 3. The first-order valence-corrected chi connectivity index (χ1v) is 11.8. The number of nitrogens with one attached hydrogen (secondary N) is 1. The van der Waals surface area contributed by atoms with E-state index in [1.54, 1.807) is 17.1 Å². The molecule has 2 heterocycles. The first-order valence-electron chi connectivity index (χ1n) is 9.69. The zero-order chi connectivity index (χ0) is 22.2. The minimum Gasteiger partial charge on any atom is -0.298 e. The van der Waals surface area contributed by atoms with E-state index in [-0.39, 0.29) is 5.91 Å². The highest BCUT2D eigenvalue weighted by Gasteiger charge is 2.35. The number of amidine groups is 1. The summed E-state index contributed by atoms with van der Waals surface area (Å²) in [5.74, 6) is 0.307. The van der Waals surface area contributed by atoms with Crippen molar-refractivity contribution in [2.45, 2.75) is 11.9 Å². The number of para-hydroxylation sites is 1. The summed E-state index contributed by atoms with van der Waals surface area (Å²) in [6, 6.07) is 20.3. The van der Waals surface area contributed by atoms with Crippen molar-refractivity contribution < 1.29 is 4.79 Å². The molecule has 160 valence electrons. The van der Waals surface area contributed by atoms with Crippen LogP contribution in [0, 0.1) is 0 Å². The third-order valence-electron chi connectivity index (χ3n) is 5.08. The molecule has 9 heteroatoms. The first kappa shape index (κ1) is 21.3. The van der Waals surface area contributed by atoms with Crippen molar-refractivity contribution in [1.29, 1.82) is 0 Å². The molecule has 1 amide bonds. The molecule has 0 bridgehead atoms. The predicted molar refractivity (Wildman–Crippen MR) is 130 cm³/mol. The quantitative estimate of drug-likeness (QED) is 0.565. The number of rotatable bonds is 3. The molecular formula is C23H15Cl3N4OS. The van der Waals surface area contributed by atoms with Gasteiger partial charge in [-0.3, -0.25) is 15.1 Å². The van der Waals surface area contributed by atoms with Gasteiger partial charge in [-0.2, -0.15) is 0 Å². The van der Waals surface area contributed by atoms with Crippen molar-refractivity contribution in [3.8, 4) is 0 Å². The summed E-state index contributed by atoms with van der Waals surface area (Å²) in [7, 11) is 0. The van der Waals surface area contributed by atoms with E-state index in [1.807, 2.05) is 54.6 Å². The molecule has 0 radical (unpaired) electrons. The Labute approximate surface area is 203 Å². The maximum Gasteiger partial charge on any atom is 0.276 e. The van der Waals surface area contributed by atoms with Gasteiger partial charge in [0.2, 0.25) is 0 Å². The van der Waals surface area contributed by atoms with Crippen LogP contribution in [0.15, 0.2) is 76.8 Å². The predicted octanol–water partition coefficient (Wildman–Crippen LogP) is 4.72. The van der Waals surface area contributed by atoms with Crippen LogP contribution in [-0.4, -0.2) is 16.1 Å². The van der Waals surface area contributed by atoms with Crippen LogP contribution in [0.1, 0.15) is 17.3 Å². The molecular weight excluding hydrogens is 487 g/mol. The summed E-state index contributed by atoms with van der Waals surface area (Å²) < 4.78 is 0. The molecule has 0 spiro atoms. The smallest absolute Gasteiger partial charge is 0.276 e. The first-order chi connectivity index (χ1) is 15.5. The van der Waals surface area contributed by atoms with Gasteiger partial charge in [-0.25, -0.2) is 5.01 Å². The maximum absolute atomic E-state index is 13.2. The van der Waals surface area contributed by atoms with E-state index in [4.69, 9.17) is 44.9 Å². The number of halogens is 3. The summed E-state index contributed by atoms with van der Waals surface area (Å²) in [6.45, 7) is 0. The van der Waals surface area contributed by atoms with Gasteiger partial charge in [0, 0.05) is 31.6 Å². The fraction of sp³-hybridized carbons (Fsp3) is 0.0870. The molecule has 0 unspecified atom stereocenters. The number of amides is 1. The SMILES string of the molecule is O=C1NC(SCc2ccccc2Cl)=NN2C1=c1ccccc1=N[C@H]2c1ccc(Cl)cc1Cl. The lowest BCUT2D eigenvalue weighted by Crippen LogP contribution is -2.50. The van der Waals surface area contributed by atoms with Gasteiger partial charge in [0.1, 0.15) is 5.70 Å². The lowest BCUT2D eigenvalue weighted by molar-refractivity contribution is -0.116. The van der Waals surface area contributed by atoms with E-state index in [0.717, 1.165) is 5.56 Å². The van der Waals surface area contributed by atoms with E-state index in [2.05, 4.69) is 5.32 Å². The van der Waals surface area contributed by atoms with E-state index in [1.165, 1.54) is 11.8 Å². The van der Waals surface area contributed by atoms with Crippen molar-refractivity contribution in [1.82, 2.24) is 10.3 Å². The third-order valence-corrected chi connectivity index (χ3v) is 6.92. The average Bonchev–Trinajstić information content (AvgIpc) is 2.78. The maximum atomic E-state index is 13.2. The second kappa shape index (κ2) is 8.79. The summed E-state index contributed by atoms with van der Waals surface area (Å²) in [4.78, 5) is 18.0. The van der Waals surface area contributed by atoms with Crippen LogP contribution in [-0.2, 0) is 10.5 Å². The Morgan fingerprint density at radius 2 is 1.75 bits per heavy atom. The number of hydrogen-bond acceptors (Lipinski definition) is 5. The van der Waals surface area contributed by atoms with E-state index < -0.39 is 6.17 Å². The van der Waals surface area contributed by atoms with Crippen LogP contribution >= 0.6 is 46.6 Å². The lowest BCUT2D eigenvalue weighted by Gasteiger charge is -2.34. The molecule has 2 aliphatic rings. The summed E-state index contributed by atoms with van der Waals surface area (Å²) in [6.07, 6.45) is -0.605. The largest absolute Gasteiger partial charge is 0.298 e. The number of benzene rings is 3. The molecule has 0 saturated heterocycles. The van der Waals surface area contributed by atoms with Crippen LogP contribution in [0.3, 0.4) is 0 Å². The Morgan fingerprint density at radius 1 is 0.969 bits per heavy atom. The Bertz CT molecular complexity index is 1390. The van der Waals surface area contributed by atoms with Crippen molar-refractivity contribution in [3.05, 3.63) is 104 Å². The zero-order valence-corrected chi connectivity index (χ0v) is 19.5. The molecule has 0 fully saturated rings. The van der Waals surface area contributed by atoms with Gasteiger partial charge in [0.25, 0.3) is 5.91 Å². The molecule has 1 atom stereocenters. The second-order valence-electron chi connectivity index (χ2n) is 7.12. The highest BCUT2D eigenvalue weighted by molar-refractivity contribution is 8.13. The average molecular weight is 502 g/mol. The van der Waals surface area contributed by atoms with Gasteiger partial charge in [-0.05, 0) is 29.8 Å². The number of hydrogen-bond donors (Lipinski definition) is 1. The molecule has 0 aliphatic carbocycles. The Hall–Kier alpha value is -2.51. The topological polar surface area (TPSA) is 57.1 Å². The number of thioether (sulfide) groups is 1. The normalized spacial score (nSPS) is 17.2. The number of hydrazone groups is 1. The van der Waals surface area contributed by atoms with Gasteiger partial charge in [-0.1, -0.05) is 89.0 Å². The lowest BCUT2D eigenvalue weighted by atomic mass is 10.1. The molecule has 5 nitrogen and oxygen atoms in total. The zero-order valence-electron chi connectivity index (χ0n) is 16.4. The van der Waals surface area contributed by atoms with Gasteiger partial charge < -0.3 is 0 Å². The number of carbonyl (C=O) groups is 1. The molecule has 3 aromatic carbocycles. The number of fused-ring (bicyclic) bond motifs is 2. The Morgan fingerprint density at radius 3 is 2.56 bits per heavy atom. The van der Waals surface area contributed by atoms with E-state index in [0.29, 0.717) is 47.8 Å². The van der Waals surface area contributed by atoms with Crippen molar-refractivity contribution >= 4 is 63.3 Å². The van der Waals surface area contributed by atoms with Gasteiger partial charge >= 0.3 is 0 Å². The van der Waals surface area contributed by atoms with E-state index in [9.17, 15) is 4.79 Å². The van der Waals surface area contributed by atoms with Gasteiger partial charge in [0.05, 0.1) is 5.36 Å². The molecule has 0 saturated carbocycles.